The minimum atomic E-state index is -2.47. The number of carbonyl (C=O) groups excluding carboxylic acids is 1. The molecule has 1 saturated heterocycles. The molecule has 2 aliphatic rings. The minimum absolute atomic E-state index is 0.00485. The monoisotopic (exact) mass is 432 g/mol. The van der Waals surface area contributed by atoms with Crippen molar-refractivity contribution in [3.05, 3.63) is 47.2 Å². The Balaban J connectivity index is 1.44. The molecule has 1 amide bonds. The zero-order valence-corrected chi connectivity index (χ0v) is 18.1. The van der Waals surface area contributed by atoms with Crippen LogP contribution in [0.4, 0.5) is 14.6 Å². The number of alkyl halides is 2. The van der Waals surface area contributed by atoms with Crippen LogP contribution in [-0.2, 0) is 11.3 Å². The summed E-state index contributed by atoms with van der Waals surface area (Å²) in [6.07, 6.45) is -0.379. The van der Waals surface area contributed by atoms with E-state index in [2.05, 4.69) is 10.4 Å². The molecule has 1 N–H and O–H groups in total. The highest BCUT2D eigenvalue weighted by Crippen LogP contribution is 2.36. The van der Waals surface area contributed by atoms with E-state index in [1.165, 1.54) is 4.68 Å². The summed E-state index contributed by atoms with van der Waals surface area (Å²) < 4.78 is 34.3. The highest BCUT2D eigenvalue weighted by molar-refractivity contribution is 5.94. The molecule has 6 nitrogen and oxygen atoms in total. The molecule has 3 atom stereocenters. The number of ether oxygens (including phenoxy) is 1. The molecule has 2 aliphatic heterocycles. The van der Waals surface area contributed by atoms with Gasteiger partial charge in [0, 0.05) is 37.4 Å². The van der Waals surface area contributed by atoms with Gasteiger partial charge in [0.25, 0.3) is 12.3 Å². The molecule has 8 heteroatoms. The van der Waals surface area contributed by atoms with Gasteiger partial charge in [-0.15, -0.1) is 0 Å². The summed E-state index contributed by atoms with van der Waals surface area (Å²) in [7, 11) is 0. The minimum Gasteiger partial charge on any atom is -0.377 e. The van der Waals surface area contributed by atoms with Crippen LogP contribution in [0.25, 0.3) is 0 Å². The van der Waals surface area contributed by atoms with Crippen LogP contribution in [0.3, 0.4) is 0 Å². The largest absolute Gasteiger partial charge is 0.377 e. The summed E-state index contributed by atoms with van der Waals surface area (Å²) in [6.45, 7) is 6.21. The smallest absolute Gasteiger partial charge is 0.260 e. The van der Waals surface area contributed by atoms with Gasteiger partial charge in [0.15, 0.2) is 0 Å². The molecule has 1 fully saturated rings. The number of nitrogens with zero attached hydrogens (tertiary/aromatic N) is 3. The summed E-state index contributed by atoms with van der Waals surface area (Å²) in [5.41, 5.74) is 2.41. The Morgan fingerprint density at radius 2 is 2.10 bits per heavy atom. The molecule has 0 saturated carbocycles. The van der Waals surface area contributed by atoms with Crippen LogP contribution in [0.2, 0.25) is 0 Å². The van der Waals surface area contributed by atoms with Crippen LogP contribution in [-0.4, -0.2) is 52.8 Å². The number of hydrogen-bond donors (Lipinski definition) is 1. The van der Waals surface area contributed by atoms with E-state index in [0.717, 1.165) is 24.1 Å². The van der Waals surface area contributed by atoms with Gasteiger partial charge in [0.05, 0.1) is 12.3 Å². The number of aryl methyl sites for hydroxylation is 1. The second-order valence-corrected chi connectivity index (χ2v) is 8.49. The van der Waals surface area contributed by atoms with Crippen LogP contribution < -0.4 is 5.32 Å². The normalized spacial score (nSPS) is 23.5. The molecule has 0 bridgehead atoms. The molecule has 3 heterocycles. The van der Waals surface area contributed by atoms with Gasteiger partial charge in [0.1, 0.15) is 11.9 Å². The van der Waals surface area contributed by atoms with Crippen molar-refractivity contribution in [3.8, 4) is 0 Å². The average molecular weight is 433 g/mol. The second kappa shape index (κ2) is 9.34. The molecular weight excluding hydrogens is 402 g/mol. The molecule has 168 valence electrons. The first-order valence-electron chi connectivity index (χ1n) is 11.0. The van der Waals surface area contributed by atoms with Crippen molar-refractivity contribution in [1.82, 2.24) is 14.7 Å². The van der Waals surface area contributed by atoms with Crippen LogP contribution in [0.1, 0.15) is 53.8 Å². The highest BCUT2D eigenvalue weighted by Gasteiger charge is 2.38. The van der Waals surface area contributed by atoms with Crippen LogP contribution in [0, 0.1) is 12.8 Å². The lowest BCUT2D eigenvalue weighted by molar-refractivity contribution is 0.0505. The van der Waals surface area contributed by atoms with Gasteiger partial charge in [-0.3, -0.25) is 4.79 Å². The maximum Gasteiger partial charge on any atom is 0.260 e. The second-order valence-electron chi connectivity index (χ2n) is 8.49. The number of aromatic nitrogens is 2. The maximum atomic E-state index is 13.7. The first kappa shape index (κ1) is 21.7. The van der Waals surface area contributed by atoms with E-state index in [1.807, 2.05) is 49.1 Å². The molecule has 31 heavy (non-hydrogen) atoms. The lowest BCUT2D eigenvalue weighted by atomic mass is 9.85. The number of likely N-dealkylation sites (tertiary alicyclic amines) is 1. The molecule has 0 unspecified atom stereocenters. The Kier molecular flexibility index (Phi) is 6.55. The fraction of sp³-hybridized carbons (Fsp3) is 0.565. The Morgan fingerprint density at radius 1 is 1.32 bits per heavy atom. The first-order valence-corrected chi connectivity index (χ1v) is 11.0. The predicted octanol–water partition coefficient (Wildman–Crippen LogP) is 4.27. The molecule has 1 aromatic carbocycles. The van der Waals surface area contributed by atoms with E-state index in [4.69, 9.17) is 4.74 Å². The van der Waals surface area contributed by atoms with Gasteiger partial charge in [-0.25, -0.2) is 13.5 Å². The third-order valence-electron chi connectivity index (χ3n) is 6.28. The molecule has 0 spiro atoms. The number of rotatable bonds is 6. The lowest BCUT2D eigenvalue weighted by Crippen LogP contribution is -2.48. The zero-order valence-electron chi connectivity index (χ0n) is 18.1. The van der Waals surface area contributed by atoms with Gasteiger partial charge in [-0.2, -0.15) is 5.10 Å². The van der Waals surface area contributed by atoms with E-state index in [1.54, 1.807) is 0 Å². The van der Waals surface area contributed by atoms with E-state index in [-0.39, 0.29) is 17.9 Å². The molecule has 1 aromatic heterocycles. The number of anilines is 1. The van der Waals surface area contributed by atoms with Crippen molar-refractivity contribution < 1.29 is 18.3 Å². The third-order valence-corrected chi connectivity index (χ3v) is 6.28. The van der Waals surface area contributed by atoms with Crippen molar-refractivity contribution in [1.29, 1.82) is 0 Å². The van der Waals surface area contributed by atoms with E-state index < -0.39 is 12.5 Å². The van der Waals surface area contributed by atoms with Gasteiger partial charge in [-0.05, 0) is 56.7 Å². The molecule has 4 rings (SSSR count). The number of benzene rings is 1. The Morgan fingerprint density at radius 3 is 2.81 bits per heavy atom. The van der Waals surface area contributed by atoms with Crippen LogP contribution >= 0.6 is 0 Å². The molecule has 2 aromatic rings. The quantitative estimate of drug-likeness (QED) is 0.741. The van der Waals surface area contributed by atoms with Crippen molar-refractivity contribution in [2.75, 3.05) is 25.0 Å². The first-order chi connectivity index (χ1) is 15.0. The summed E-state index contributed by atoms with van der Waals surface area (Å²) in [5, 5.41) is 7.66. The van der Waals surface area contributed by atoms with Crippen LogP contribution in [0.15, 0.2) is 30.3 Å². The van der Waals surface area contributed by atoms with Gasteiger partial charge < -0.3 is 15.0 Å². The average Bonchev–Trinajstić information content (AvgIpc) is 3.16. The summed E-state index contributed by atoms with van der Waals surface area (Å²) >= 11 is 0. The highest BCUT2D eigenvalue weighted by atomic mass is 19.3. The molecular formula is C23H30F2N4O2. The van der Waals surface area contributed by atoms with Gasteiger partial charge >= 0.3 is 0 Å². The third kappa shape index (κ3) is 4.74. The van der Waals surface area contributed by atoms with Crippen molar-refractivity contribution in [2.24, 2.45) is 5.92 Å². The molecule has 0 aliphatic carbocycles. The zero-order chi connectivity index (χ0) is 22.0. The van der Waals surface area contributed by atoms with Crippen LogP contribution in [0.5, 0.6) is 0 Å². The number of nitrogens with one attached hydrogen (secondary N) is 1. The Labute approximate surface area is 181 Å². The number of amides is 1. The van der Waals surface area contributed by atoms with E-state index in [0.29, 0.717) is 44.1 Å². The fourth-order valence-corrected chi connectivity index (χ4v) is 4.67. The Hall–Kier alpha value is -2.48. The number of halogens is 2. The van der Waals surface area contributed by atoms with Crippen molar-refractivity contribution in [2.45, 2.75) is 58.2 Å². The standard InChI is InChI=1S/C23H30F2N4O2/c1-3-31-14-16-6-8-17(9-7-16)23(30)28-10-4-5-18(13-28)19-12-20(22(24)25)29-21(26-19)11-15(2)27-29/h6-9,11,18-20,22,26H,3-5,10,12-14H2,1-2H3/t18-,19+,20-/m1/s1. The van der Waals surface area contributed by atoms with E-state index in [9.17, 15) is 13.6 Å². The summed E-state index contributed by atoms with van der Waals surface area (Å²) in [6, 6.07) is 8.30. The predicted molar refractivity (Wildman–Crippen MR) is 114 cm³/mol. The van der Waals surface area contributed by atoms with Gasteiger partial charge in [-0.1, -0.05) is 12.1 Å². The number of piperidine rings is 1. The SMILES string of the molecule is CCOCc1ccc(C(=O)N2CCC[C@@H]([C@@H]3C[C@H](C(F)F)n4nc(C)cc4N3)C2)cc1. The number of hydrogen-bond acceptors (Lipinski definition) is 4. The fourth-order valence-electron chi connectivity index (χ4n) is 4.67. The Bertz CT molecular complexity index is 899. The maximum absolute atomic E-state index is 13.7. The lowest BCUT2D eigenvalue weighted by Gasteiger charge is -2.41. The van der Waals surface area contributed by atoms with Crippen molar-refractivity contribution in [3.63, 3.8) is 0 Å². The topological polar surface area (TPSA) is 59.4 Å². The van der Waals surface area contributed by atoms with E-state index >= 15 is 0 Å². The number of carbonyl (C=O) groups is 1. The van der Waals surface area contributed by atoms with Crippen molar-refractivity contribution >= 4 is 11.7 Å². The van der Waals surface area contributed by atoms with Gasteiger partial charge in [0.2, 0.25) is 0 Å². The number of fused-ring (bicyclic) bond motifs is 1. The molecule has 0 radical (unpaired) electrons. The summed E-state index contributed by atoms with van der Waals surface area (Å²) in [4.78, 5) is 14.9. The summed E-state index contributed by atoms with van der Waals surface area (Å²) in [5.74, 6) is 0.766.